The van der Waals surface area contributed by atoms with Crippen molar-refractivity contribution in [3.63, 3.8) is 0 Å². The fourth-order valence-electron chi connectivity index (χ4n) is 1.19. The van der Waals surface area contributed by atoms with Gasteiger partial charge in [-0.2, -0.15) is 0 Å². The van der Waals surface area contributed by atoms with Gasteiger partial charge in [-0.25, -0.2) is 0 Å². The van der Waals surface area contributed by atoms with Crippen LogP contribution in [0.4, 0.5) is 0 Å². The van der Waals surface area contributed by atoms with E-state index in [-0.39, 0.29) is 12.6 Å². The van der Waals surface area contributed by atoms with Crippen LogP contribution >= 0.6 is 0 Å². The van der Waals surface area contributed by atoms with Crippen molar-refractivity contribution in [3.05, 3.63) is 0 Å². The molecule has 138 valence electrons. The molecule has 23 heavy (non-hydrogen) atoms. The van der Waals surface area contributed by atoms with E-state index in [4.69, 9.17) is 46.0 Å². The van der Waals surface area contributed by atoms with Gasteiger partial charge in [-0.05, 0) is 6.92 Å². The highest BCUT2D eigenvalue weighted by Crippen LogP contribution is 2.03. The van der Waals surface area contributed by atoms with Gasteiger partial charge in [0.25, 0.3) is 0 Å². The largest absolute Gasteiger partial charge is 0.394 e. The SMILES string of the molecule is C[C@H](O)[C@@H](O)[C@@H](O)[C@H](O)C=O.O=C[C@H](O)[C@@H](O)[C@H](O)[C@H](O)CO. The van der Waals surface area contributed by atoms with Gasteiger partial charge in [-0.1, -0.05) is 0 Å². The Balaban J connectivity index is 0. The van der Waals surface area contributed by atoms with E-state index in [2.05, 4.69) is 0 Å². The lowest BCUT2D eigenvalue weighted by Crippen LogP contribution is -2.46. The van der Waals surface area contributed by atoms with Crippen molar-refractivity contribution in [2.75, 3.05) is 6.61 Å². The van der Waals surface area contributed by atoms with E-state index in [1.807, 2.05) is 0 Å². The molecule has 0 aromatic heterocycles. The smallest absolute Gasteiger partial charge is 0.151 e. The summed E-state index contributed by atoms with van der Waals surface area (Å²) in [5.41, 5.74) is 0. The number of rotatable bonds is 9. The number of aldehydes is 2. The zero-order valence-electron chi connectivity index (χ0n) is 12.3. The van der Waals surface area contributed by atoms with E-state index in [1.54, 1.807) is 0 Å². The molecular formula is C12H24O11. The fourth-order valence-corrected chi connectivity index (χ4v) is 1.19. The molecule has 0 aromatic carbocycles. The predicted octanol–water partition coefficient (Wildman–Crippen LogP) is -5.73. The zero-order valence-corrected chi connectivity index (χ0v) is 12.3. The van der Waals surface area contributed by atoms with Gasteiger partial charge in [0.2, 0.25) is 0 Å². The minimum Gasteiger partial charge on any atom is -0.394 e. The average Bonchev–Trinajstić information content (AvgIpc) is 2.56. The molecule has 0 amide bonds. The Bertz CT molecular complexity index is 324. The summed E-state index contributed by atoms with van der Waals surface area (Å²) < 4.78 is 0. The summed E-state index contributed by atoms with van der Waals surface area (Å²) in [5.74, 6) is 0. The molecule has 0 aliphatic carbocycles. The highest BCUT2D eigenvalue weighted by Gasteiger charge is 2.29. The second-order valence-electron chi connectivity index (χ2n) is 4.71. The number of hydrogen-bond acceptors (Lipinski definition) is 11. The first-order valence-corrected chi connectivity index (χ1v) is 6.51. The second-order valence-corrected chi connectivity index (χ2v) is 4.71. The van der Waals surface area contributed by atoms with Gasteiger partial charge in [-0.15, -0.1) is 0 Å². The maximum Gasteiger partial charge on any atom is 0.151 e. The molecule has 8 atom stereocenters. The van der Waals surface area contributed by atoms with E-state index in [9.17, 15) is 9.59 Å². The van der Waals surface area contributed by atoms with Gasteiger partial charge in [0.05, 0.1) is 12.7 Å². The van der Waals surface area contributed by atoms with Gasteiger partial charge in [-0.3, -0.25) is 0 Å². The van der Waals surface area contributed by atoms with E-state index >= 15 is 0 Å². The highest BCUT2D eigenvalue weighted by molar-refractivity contribution is 5.57. The summed E-state index contributed by atoms with van der Waals surface area (Å²) in [6.45, 7) is 0.481. The Labute approximate surface area is 131 Å². The van der Waals surface area contributed by atoms with Crippen LogP contribution in [0.1, 0.15) is 6.92 Å². The average molecular weight is 344 g/mol. The van der Waals surface area contributed by atoms with Crippen molar-refractivity contribution in [2.45, 2.75) is 55.8 Å². The predicted molar refractivity (Wildman–Crippen MR) is 72.9 cm³/mol. The second kappa shape index (κ2) is 12.4. The van der Waals surface area contributed by atoms with Gasteiger partial charge in [0, 0.05) is 0 Å². The molecule has 0 bridgehead atoms. The molecule has 0 saturated heterocycles. The molecule has 0 heterocycles. The monoisotopic (exact) mass is 344 g/mol. The molecule has 11 nitrogen and oxygen atoms in total. The lowest BCUT2D eigenvalue weighted by atomic mass is 10.0. The molecule has 0 saturated carbocycles. The standard InChI is InChI=1S/C6H12O6.C6H12O5/c7-1-3(9)5(11)6(12)4(10)2-8;1-3(8)5(10)6(11)4(9)2-7/h1,3-6,8-12H,2H2;2-6,8-11H,1H3/t3-,4+,5+,6+;3-,4+,5+,6-/m00/s1. The van der Waals surface area contributed by atoms with Crippen LogP contribution in [-0.2, 0) is 9.59 Å². The van der Waals surface area contributed by atoms with Crippen LogP contribution in [0.5, 0.6) is 0 Å². The van der Waals surface area contributed by atoms with E-state index in [0.29, 0.717) is 0 Å². The van der Waals surface area contributed by atoms with Crippen molar-refractivity contribution in [2.24, 2.45) is 0 Å². The number of aliphatic hydroxyl groups excluding tert-OH is 9. The van der Waals surface area contributed by atoms with Crippen molar-refractivity contribution < 1.29 is 55.5 Å². The van der Waals surface area contributed by atoms with E-state index < -0.39 is 55.4 Å². The van der Waals surface area contributed by atoms with Crippen LogP contribution < -0.4 is 0 Å². The van der Waals surface area contributed by atoms with E-state index in [0.717, 1.165) is 0 Å². The summed E-state index contributed by atoms with van der Waals surface area (Å²) in [4.78, 5) is 19.8. The van der Waals surface area contributed by atoms with Crippen LogP contribution in [-0.4, -0.2) is 114 Å². The first-order valence-electron chi connectivity index (χ1n) is 6.51. The molecule has 0 aliphatic heterocycles. The first kappa shape index (κ1) is 24.2. The normalized spacial score (nSPS) is 21.5. The van der Waals surface area contributed by atoms with Crippen LogP contribution in [0, 0.1) is 0 Å². The first-order chi connectivity index (χ1) is 10.5. The van der Waals surface area contributed by atoms with Gasteiger partial charge < -0.3 is 55.5 Å². The van der Waals surface area contributed by atoms with Crippen LogP contribution in [0.15, 0.2) is 0 Å². The van der Waals surface area contributed by atoms with E-state index in [1.165, 1.54) is 6.92 Å². The third-order valence-corrected chi connectivity index (χ3v) is 2.75. The lowest BCUT2D eigenvalue weighted by Gasteiger charge is -2.22. The molecule has 9 N–H and O–H groups in total. The molecule has 0 spiro atoms. The Morgan fingerprint density at radius 1 is 0.696 bits per heavy atom. The molecule has 0 rings (SSSR count). The Morgan fingerprint density at radius 2 is 1.04 bits per heavy atom. The van der Waals surface area contributed by atoms with Gasteiger partial charge in [0.15, 0.2) is 12.6 Å². The molecule has 0 radical (unpaired) electrons. The van der Waals surface area contributed by atoms with Gasteiger partial charge in [0.1, 0.15) is 42.7 Å². The number of aliphatic hydroxyl groups is 9. The topological polar surface area (TPSA) is 216 Å². The molecule has 11 heteroatoms. The zero-order chi connectivity index (χ0) is 18.7. The Kier molecular flexibility index (Phi) is 13.1. The minimum absolute atomic E-state index is 0.0258. The number of carbonyl (C=O) groups excluding carboxylic acids is 2. The summed E-state index contributed by atoms with van der Waals surface area (Å²) in [6.07, 6.45) is -12.7. The van der Waals surface area contributed by atoms with Crippen molar-refractivity contribution in [1.29, 1.82) is 0 Å². The fraction of sp³-hybridized carbons (Fsp3) is 0.833. The van der Waals surface area contributed by atoms with Crippen molar-refractivity contribution in [1.82, 2.24) is 0 Å². The Hall–Kier alpha value is -1.02. The summed E-state index contributed by atoms with van der Waals surface area (Å²) >= 11 is 0. The van der Waals surface area contributed by atoms with Crippen LogP contribution in [0.2, 0.25) is 0 Å². The molecule has 0 fully saturated rings. The molecule has 0 aromatic rings. The molecular weight excluding hydrogens is 320 g/mol. The maximum absolute atomic E-state index is 9.90. The number of hydrogen-bond donors (Lipinski definition) is 9. The number of carbonyl (C=O) groups is 2. The van der Waals surface area contributed by atoms with Crippen LogP contribution in [0.3, 0.4) is 0 Å². The minimum atomic E-state index is -1.79. The molecule has 0 unspecified atom stereocenters. The lowest BCUT2D eigenvalue weighted by molar-refractivity contribution is -0.136. The van der Waals surface area contributed by atoms with Crippen molar-refractivity contribution >= 4 is 12.6 Å². The van der Waals surface area contributed by atoms with Crippen molar-refractivity contribution in [3.8, 4) is 0 Å². The quantitative estimate of drug-likeness (QED) is 0.179. The highest BCUT2D eigenvalue weighted by atomic mass is 16.4. The van der Waals surface area contributed by atoms with Crippen LogP contribution in [0.25, 0.3) is 0 Å². The summed E-state index contributed by atoms with van der Waals surface area (Å²) in [5, 5.41) is 78.6. The third kappa shape index (κ3) is 9.00. The van der Waals surface area contributed by atoms with Gasteiger partial charge >= 0.3 is 0 Å². The Morgan fingerprint density at radius 3 is 1.30 bits per heavy atom. The molecule has 0 aliphatic rings. The summed E-state index contributed by atoms with van der Waals surface area (Å²) in [7, 11) is 0. The maximum atomic E-state index is 9.90. The third-order valence-electron chi connectivity index (χ3n) is 2.75. The summed E-state index contributed by atoms with van der Waals surface area (Å²) in [6, 6.07) is 0.